The van der Waals surface area contributed by atoms with E-state index in [2.05, 4.69) is 23.6 Å². The molecule has 1 amide bonds. The number of aromatic nitrogens is 2. The largest absolute Gasteiger partial charge is 0.461 e. The standard InChI is InChI=1S/C35H36F2N6O2/c1-2-32(44)43-12-11-41(19-23(43)7-9-38)33-29-15-30(37)28(25-6-3-5-24-26-13-21(26)14-27(24)25)16-31(29)39-34(40-33)45-20-35-8-4-10-42(35)18-22(36)17-35/h2-3,5-6,15-16,21-23,26H,1,4,7-8,10-14,17-20H2/t21?,22-,23+,26?,35+/m1/s1. The van der Waals surface area contributed by atoms with Gasteiger partial charge in [0.25, 0.3) is 0 Å². The van der Waals surface area contributed by atoms with E-state index in [1.807, 2.05) is 17.0 Å². The van der Waals surface area contributed by atoms with E-state index in [0.29, 0.717) is 66.7 Å². The molecule has 3 aliphatic heterocycles. The average molecular weight is 611 g/mol. The summed E-state index contributed by atoms with van der Waals surface area (Å²) in [5.74, 6) is 1.20. The lowest BCUT2D eigenvalue weighted by atomic mass is 9.93. The number of nitrogens with zero attached hydrogens (tertiary/aromatic N) is 6. The highest BCUT2D eigenvalue weighted by Crippen LogP contribution is 2.58. The van der Waals surface area contributed by atoms with Gasteiger partial charge in [-0.1, -0.05) is 24.8 Å². The fourth-order valence-corrected chi connectivity index (χ4v) is 8.56. The summed E-state index contributed by atoms with van der Waals surface area (Å²) in [4.78, 5) is 28.0. The maximum atomic E-state index is 16.1. The van der Waals surface area contributed by atoms with E-state index in [4.69, 9.17) is 14.7 Å². The van der Waals surface area contributed by atoms with Crippen LogP contribution in [0.1, 0.15) is 49.1 Å². The molecule has 232 valence electrons. The molecule has 0 radical (unpaired) electrons. The van der Waals surface area contributed by atoms with Gasteiger partial charge in [0, 0.05) is 43.5 Å². The minimum absolute atomic E-state index is 0.144. The highest BCUT2D eigenvalue weighted by Gasteiger charge is 2.49. The number of hydrogen-bond acceptors (Lipinski definition) is 7. The zero-order valence-corrected chi connectivity index (χ0v) is 25.2. The Morgan fingerprint density at radius 3 is 2.93 bits per heavy atom. The van der Waals surface area contributed by atoms with Crippen LogP contribution in [0.4, 0.5) is 14.6 Å². The van der Waals surface area contributed by atoms with Crippen molar-refractivity contribution in [2.45, 2.75) is 62.2 Å². The molecule has 1 saturated carbocycles. The van der Waals surface area contributed by atoms with E-state index in [9.17, 15) is 14.4 Å². The molecule has 5 atom stereocenters. The van der Waals surface area contributed by atoms with Gasteiger partial charge in [-0.15, -0.1) is 0 Å². The Kier molecular flexibility index (Phi) is 6.79. The van der Waals surface area contributed by atoms with Crippen molar-refractivity contribution in [3.8, 4) is 23.2 Å². The number of amides is 1. The fourth-order valence-electron chi connectivity index (χ4n) is 8.56. The van der Waals surface area contributed by atoms with Crippen LogP contribution in [0, 0.1) is 23.1 Å². The molecule has 3 saturated heterocycles. The molecule has 5 aliphatic rings. The van der Waals surface area contributed by atoms with Gasteiger partial charge in [-0.25, -0.2) is 8.78 Å². The summed E-state index contributed by atoms with van der Waals surface area (Å²) in [7, 11) is 0. The van der Waals surface area contributed by atoms with Crippen LogP contribution in [0.2, 0.25) is 0 Å². The number of rotatable bonds is 7. The SMILES string of the molecule is C=CC(=O)N1CCN(c2nc(OC[C@@]34CCCN3C[C@H](F)C4)nc3cc(-c4cccc5c4CC4CC54)c(F)cc23)C[C@@H]1CC#N. The molecule has 8 nitrogen and oxygen atoms in total. The number of benzene rings is 2. The summed E-state index contributed by atoms with van der Waals surface area (Å²) in [6, 6.07) is 11.5. The first-order valence-electron chi connectivity index (χ1n) is 16.1. The summed E-state index contributed by atoms with van der Waals surface area (Å²) in [5.41, 5.74) is 4.18. The van der Waals surface area contributed by atoms with E-state index in [1.54, 1.807) is 11.0 Å². The molecule has 0 spiro atoms. The number of alkyl halides is 1. The summed E-state index contributed by atoms with van der Waals surface area (Å²) in [6.07, 6.45) is 5.01. The normalized spacial score (nSPS) is 28.5. The number of piperazine rings is 1. The number of halogens is 2. The molecule has 2 aliphatic carbocycles. The van der Waals surface area contributed by atoms with Crippen LogP contribution in [0.15, 0.2) is 43.0 Å². The Hall–Kier alpha value is -4.10. The van der Waals surface area contributed by atoms with Crippen molar-refractivity contribution >= 4 is 22.6 Å². The summed E-state index contributed by atoms with van der Waals surface area (Å²) in [6.45, 7) is 6.33. The number of nitriles is 1. The van der Waals surface area contributed by atoms with Gasteiger partial charge in [-0.3, -0.25) is 9.69 Å². The zero-order valence-electron chi connectivity index (χ0n) is 25.2. The highest BCUT2D eigenvalue weighted by atomic mass is 19.1. The van der Waals surface area contributed by atoms with Crippen LogP contribution in [0.3, 0.4) is 0 Å². The van der Waals surface area contributed by atoms with E-state index in [0.717, 1.165) is 31.4 Å². The van der Waals surface area contributed by atoms with E-state index < -0.39 is 6.17 Å². The van der Waals surface area contributed by atoms with Gasteiger partial charge in [0.05, 0.1) is 29.6 Å². The Morgan fingerprint density at radius 2 is 2.09 bits per heavy atom. The van der Waals surface area contributed by atoms with Crippen LogP contribution in [-0.2, 0) is 11.2 Å². The van der Waals surface area contributed by atoms with Crippen molar-refractivity contribution in [3.63, 3.8) is 0 Å². The minimum atomic E-state index is -0.877. The lowest BCUT2D eigenvalue weighted by Gasteiger charge is -2.41. The second kappa shape index (κ2) is 10.8. The first-order valence-corrected chi connectivity index (χ1v) is 16.1. The third-order valence-electron chi connectivity index (χ3n) is 10.8. The molecule has 2 aromatic carbocycles. The lowest BCUT2D eigenvalue weighted by molar-refractivity contribution is -0.128. The third kappa shape index (κ3) is 4.75. The minimum Gasteiger partial charge on any atom is -0.461 e. The lowest BCUT2D eigenvalue weighted by Crippen LogP contribution is -2.55. The summed E-state index contributed by atoms with van der Waals surface area (Å²) < 4.78 is 36.9. The predicted molar refractivity (Wildman–Crippen MR) is 166 cm³/mol. The van der Waals surface area contributed by atoms with Crippen molar-refractivity contribution in [1.29, 1.82) is 5.26 Å². The Morgan fingerprint density at radius 1 is 1.20 bits per heavy atom. The number of carbonyl (C=O) groups is 1. The maximum absolute atomic E-state index is 16.1. The van der Waals surface area contributed by atoms with Gasteiger partial charge in [0.2, 0.25) is 5.91 Å². The maximum Gasteiger partial charge on any atom is 0.319 e. The first kappa shape index (κ1) is 28.4. The zero-order chi connectivity index (χ0) is 30.9. The average Bonchev–Trinajstić information content (AvgIpc) is 3.38. The van der Waals surface area contributed by atoms with Crippen LogP contribution >= 0.6 is 0 Å². The molecule has 45 heavy (non-hydrogen) atoms. The van der Waals surface area contributed by atoms with Crippen LogP contribution < -0.4 is 9.64 Å². The van der Waals surface area contributed by atoms with Crippen molar-refractivity contribution in [2.24, 2.45) is 5.92 Å². The number of anilines is 1. The second-order valence-electron chi connectivity index (χ2n) is 13.4. The monoisotopic (exact) mass is 610 g/mol. The molecule has 4 fully saturated rings. The van der Waals surface area contributed by atoms with E-state index in [1.165, 1.54) is 29.7 Å². The number of hydrogen-bond donors (Lipinski definition) is 0. The Bertz CT molecular complexity index is 1760. The van der Waals surface area contributed by atoms with Gasteiger partial charge in [-0.2, -0.15) is 15.2 Å². The molecule has 8 rings (SSSR count). The van der Waals surface area contributed by atoms with Gasteiger partial charge in [0.15, 0.2) is 0 Å². The van der Waals surface area contributed by atoms with Gasteiger partial charge >= 0.3 is 6.01 Å². The molecule has 4 heterocycles. The molecule has 1 aromatic heterocycles. The van der Waals surface area contributed by atoms with Crippen molar-refractivity contribution in [3.05, 3.63) is 59.9 Å². The quantitative estimate of drug-likeness (QED) is 0.342. The molecule has 2 unspecified atom stereocenters. The smallest absolute Gasteiger partial charge is 0.319 e. The summed E-state index contributed by atoms with van der Waals surface area (Å²) >= 11 is 0. The van der Waals surface area contributed by atoms with Crippen LogP contribution in [0.25, 0.3) is 22.0 Å². The molecule has 10 heteroatoms. The second-order valence-corrected chi connectivity index (χ2v) is 13.4. The van der Waals surface area contributed by atoms with Crippen LogP contribution in [0.5, 0.6) is 6.01 Å². The van der Waals surface area contributed by atoms with E-state index in [-0.39, 0.29) is 42.3 Å². The van der Waals surface area contributed by atoms with Crippen molar-refractivity contribution in [1.82, 2.24) is 19.8 Å². The highest BCUT2D eigenvalue weighted by molar-refractivity contribution is 5.94. The molecule has 3 aromatic rings. The van der Waals surface area contributed by atoms with Crippen molar-refractivity contribution in [2.75, 3.05) is 44.2 Å². The number of fused-ring (bicyclic) bond motifs is 5. The van der Waals surface area contributed by atoms with E-state index >= 15 is 4.39 Å². The Balaban J connectivity index is 1.19. The van der Waals surface area contributed by atoms with Gasteiger partial charge in [-0.05, 0) is 79.0 Å². The van der Waals surface area contributed by atoms with Gasteiger partial charge in [0.1, 0.15) is 24.4 Å². The fraction of sp³-hybridized carbons (Fsp3) is 0.486. The topological polar surface area (TPSA) is 85.6 Å². The Labute approximate surface area is 261 Å². The van der Waals surface area contributed by atoms with Crippen molar-refractivity contribution < 1.29 is 18.3 Å². The van der Waals surface area contributed by atoms with Gasteiger partial charge < -0.3 is 14.5 Å². The number of carbonyl (C=O) groups excluding carboxylic acids is 1. The first-order chi connectivity index (χ1) is 21.9. The predicted octanol–water partition coefficient (Wildman–Crippen LogP) is 5.17. The number of ether oxygens (including phenoxy) is 1. The van der Waals surface area contributed by atoms with Crippen LogP contribution in [-0.4, -0.2) is 82.8 Å². The molecule has 0 bridgehead atoms. The molecular formula is C35H36F2N6O2. The molecule has 0 N–H and O–H groups in total. The molecular weight excluding hydrogens is 574 g/mol. The summed E-state index contributed by atoms with van der Waals surface area (Å²) in [5, 5.41) is 10.1. The third-order valence-corrected chi connectivity index (χ3v) is 10.8.